The topological polar surface area (TPSA) is 46.5 Å². The summed E-state index contributed by atoms with van der Waals surface area (Å²) in [5.41, 5.74) is 9.42. The van der Waals surface area contributed by atoms with Crippen molar-refractivity contribution in [3.05, 3.63) is 140 Å². The van der Waals surface area contributed by atoms with E-state index in [1.165, 1.54) is 16.2 Å². The molecule has 5 aromatic carbocycles. The van der Waals surface area contributed by atoms with Crippen molar-refractivity contribution < 1.29 is 0 Å². The van der Waals surface area contributed by atoms with Crippen LogP contribution in [0.4, 0.5) is 0 Å². The summed E-state index contributed by atoms with van der Waals surface area (Å²) in [6, 6.07) is 46.2. The Morgan fingerprint density at radius 2 is 1.20 bits per heavy atom. The van der Waals surface area contributed by atoms with E-state index >= 15 is 0 Å². The molecule has 0 aliphatic carbocycles. The molecule has 0 saturated heterocycles. The van der Waals surface area contributed by atoms with E-state index < -0.39 is 0 Å². The maximum absolute atomic E-state index is 5.04. The minimum Gasteiger partial charge on any atom is -0.353 e. The van der Waals surface area contributed by atoms with E-state index in [-0.39, 0.29) is 0 Å². The molecule has 188 valence electrons. The second kappa shape index (κ2) is 9.07. The predicted octanol–water partition coefficient (Wildman–Crippen LogP) is 9.06. The third-order valence-electron chi connectivity index (χ3n) is 7.58. The number of H-pyrrole nitrogens is 1. The van der Waals surface area contributed by atoms with Crippen LogP contribution in [0.5, 0.6) is 0 Å². The summed E-state index contributed by atoms with van der Waals surface area (Å²) in [6.07, 6.45) is 2.14. The van der Waals surface area contributed by atoms with E-state index in [4.69, 9.17) is 9.97 Å². The van der Waals surface area contributed by atoms with Crippen molar-refractivity contribution in [1.29, 1.82) is 0 Å². The van der Waals surface area contributed by atoms with E-state index in [9.17, 15) is 0 Å². The molecule has 0 saturated carbocycles. The normalized spacial score (nSPS) is 11.5. The SMILES string of the molecule is c1ccc(-c2cc(-c3ccccc3)nc(-c3cccc(-n4ccc5ccc6c7ccccc7[nH]c6c54)c3)n2)cc1. The molecule has 8 rings (SSSR count). The predicted molar refractivity (Wildman–Crippen MR) is 165 cm³/mol. The number of rotatable bonds is 4. The number of hydrogen-bond donors (Lipinski definition) is 1. The molecule has 0 atom stereocenters. The molecule has 0 aliphatic rings. The summed E-state index contributed by atoms with van der Waals surface area (Å²) in [6.45, 7) is 0. The Kier molecular flexibility index (Phi) is 5.10. The van der Waals surface area contributed by atoms with Gasteiger partial charge in [-0.15, -0.1) is 0 Å². The zero-order valence-electron chi connectivity index (χ0n) is 21.6. The van der Waals surface area contributed by atoms with E-state index in [0.29, 0.717) is 5.82 Å². The fraction of sp³-hybridized carbons (Fsp3) is 0. The van der Waals surface area contributed by atoms with Crippen molar-refractivity contribution in [2.45, 2.75) is 0 Å². The molecule has 0 amide bonds. The van der Waals surface area contributed by atoms with Crippen LogP contribution in [0.15, 0.2) is 140 Å². The lowest BCUT2D eigenvalue weighted by Crippen LogP contribution is -1.98. The summed E-state index contributed by atoms with van der Waals surface area (Å²) in [7, 11) is 0. The maximum atomic E-state index is 5.04. The minimum atomic E-state index is 0.703. The molecule has 3 heterocycles. The fourth-order valence-corrected chi connectivity index (χ4v) is 5.64. The Bertz CT molecular complexity index is 2100. The van der Waals surface area contributed by atoms with Crippen LogP contribution in [0.25, 0.3) is 72.3 Å². The van der Waals surface area contributed by atoms with Gasteiger partial charge in [0.25, 0.3) is 0 Å². The van der Waals surface area contributed by atoms with Crippen LogP contribution in [0, 0.1) is 0 Å². The Labute approximate surface area is 231 Å². The smallest absolute Gasteiger partial charge is 0.160 e. The largest absolute Gasteiger partial charge is 0.353 e. The zero-order chi connectivity index (χ0) is 26.5. The van der Waals surface area contributed by atoms with Crippen LogP contribution in [-0.2, 0) is 0 Å². The molecule has 0 radical (unpaired) electrons. The van der Waals surface area contributed by atoms with Gasteiger partial charge >= 0.3 is 0 Å². The molecule has 0 aliphatic heterocycles. The Morgan fingerprint density at radius 3 is 1.95 bits per heavy atom. The molecule has 8 aromatic rings. The standard InChI is InChI=1S/C36H24N4/c1-3-10-24(11-4-1)32-23-33(25-12-5-2-6-13-25)39-36(38-32)27-14-9-15-28(22-27)40-21-20-26-18-19-30-29-16-7-8-17-31(29)37-34(30)35(26)40/h1-23,37H. The number of hydrogen-bond acceptors (Lipinski definition) is 2. The molecule has 3 aromatic heterocycles. The summed E-state index contributed by atoms with van der Waals surface area (Å²) in [5.74, 6) is 0.703. The van der Waals surface area contributed by atoms with Gasteiger partial charge in [-0.25, -0.2) is 9.97 Å². The van der Waals surface area contributed by atoms with Crippen LogP contribution in [0.1, 0.15) is 0 Å². The minimum absolute atomic E-state index is 0.703. The van der Waals surface area contributed by atoms with Crippen LogP contribution in [0.3, 0.4) is 0 Å². The van der Waals surface area contributed by atoms with Crippen LogP contribution >= 0.6 is 0 Å². The lowest BCUT2D eigenvalue weighted by Gasteiger charge is -2.11. The van der Waals surface area contributed by atoms with Gasteiger partial charge in [0.15, 0.2) is 5.82 Å². The first-order valence-corrected chi connectivity index (χ1v) is 13.4. The van der Waals surface area contributed by atoms with Gasteiger partial charge in [-0.3, -0.25) is 0 Å². The van der Waals surface area contributed by atoms with Crippen molar-refractivity contribution in [1.82, 2.24) is 19.5 Å². The van der Waals surface area contributed by atoms with Gasteiger partial charge < -0.3 is 9.55 Å². The van der Waals surface area contributed by atoms with Crippen LogP contribution in [-0.4, -0.2) is 19.5 Å². The number of aromatic amines is 1. The average Bonchev–Trinajstić information content (AvgIpc) is 3.64. The lowest BCUT2D eigenvalue weighted by atomic mass is 10.1. The van der Waals surface area contributed by atoms with Crippen molar-refractivity contribution in [2.24, 2.45) is 0 Å². The Balaban J connectivity index is 1.31. The van der Waals surface area contributed by atoms with Crippen molar-refractivity contribution in [3.8, 4) is 39.6 Å². The van der Waals surface area contributed by atoms with Crippen LogP contribution in [0.2, 0.25) is 0 Å². The van der Waals surface area contributed by atoms with Crippen LogP contribution < -0.4 is 0 Å². The van der Waals surface area contributed by atoms with Crippen molar-refractivity contribution >= 4 is 32.7 Å². The highest BCUT2D eigenvalue weighted by atomic mass is 15.0. The maximum Gasteiger partial charge on any atom is 0.160 e. The zero-order valence-corrected chi connectivity index (χ0v) is 21.6. The van der Waals surface area contributed by atoms with Gasteiger partial charge in [-0.1, -0.05) is 103 Å². The molecule has 0 fully saturated rings. The molecular weight excluding hydrogens is 488 g/mol. The molecule has 4 heteroatoms. The first-order valence-electron chi connectivity index (χ1n) is 13.4. The molecule has 4 nitrogen and oxygen atoms in total. The van der Waals surface area contributed by atoms with Crippen molar-refractivity contribution in [3.63, 3.8) is 0 Å². The number of nitrogens with one attached hydrogen (secondary N) is 1. The van der Waals surface area contributed by atoms with Gasteiger partial charge in [0.05, 0.1) is 22.4 Å². The molecular formula is C36H24N4. The highest BCUT2D eigenvalue weighted by Gasteiger charge is 2.14. The van der Waals surface area contributed by atoms with E-state index in [0.717, 1.165) is 50.3 Å². The Morgan fingerprint density at radius 1 is 0.525 bits per heavy atom. The summed E-state index contributed by atoms with van der Waals surface area (Å²) in [5, 5.41) is 3.66. The van der Waals surface area contributed by atoms with Gasteiger partial charge in [-0.05, 0) is 30.3 Å². The monoisotopic (exact) mass is 512 g/mol. The average molecular weight is 513 g/mol. The quantitative estimate of drug-likeness (QED) is 0.256. The van der Waals surface area contributed by atoms with Gasteiger partial charge in [0.2, 0.25) is 0 Å². The van der Waals surface area contributed by atoms with Gasteiger partial charge in [0.1, 0.15) is 0 Å². The fourth-order valence-electron chi connectivity index (χ4n) is 5.64. The summed E-state index contributed by atoms with van der Waals surface area (Å²) >= 11 is 0. The molecule has 0 spiro atoms. The van der Waals surface area contributed by atoms with Gasteiger partial charge in [-0.2, -0.15) is 0 Å². The Hall–Kier alpha value is -5.48. The highest BCUT2D eigenvalue weighted by Crippen LogP contribution is 2.34. The summed E-state index contributed by atoms with van der Waals surface area (Å²) in [4.78, 5) is 13.7. The number of aromatic nitrogens is 4. The summed E-state index contributed by atoms with van der Waals surface area (Å²) < 4.78 is 2.26. The lowest BCUT2D eigenvalue weighted by molar-refractivity contribution is 1.12. The first kappa shape index (κ1) is 22.5. The van der Waals surface area contributed by atoms with Crippen molar-refractivity contribution in [2.75, 3.05) is 0 Å². The second-order valence-electron chi connectivity index (χ2n) is 10.0. The second-order valence-corrected chi connectivity index (χ2v) is 10.0. The molecule has 1 N–H and O–H groups in total. The number of nitrogens with zero attached hydrogens (tertiary/aromatic N) is 3. The molecule has 40 heavy (non-hydrogen) atoms. The third kappa shape index (κ3) is 3.69. The number of fused-ring (bicyclic) bond motifs is 5. The molecule has 0 unspecified atom stereocenters. The molecule has 0 bridgehead atoms. The van der Waals surface area contributed by atoms with E-state index in [1.807, 2.05) is 36.4 Å². The number of para-hydroxylation sites is 1. The van der Waals surface area contributed by atoms with E-state index in [1.54, 1.807) is 0 Å². The third-order valence-corrected chi connectivity index (χ3v) is 7.58. The highest BCUT2D eigenvalue weighted by molar-refractivity contribution is 6.16. The first-order chi connectivity index (χ1) is 19.8. The van der Waals surface area contributed by atoms with E-state index in [2.05, 4.69) is 113 Å². The number of benzene rings is 5. The van der Waals surface area contributed by atoms with Gasteiger partial charge in [0, 0.05) is 50.2 Å².